The minimum absolute atomic E-state index is 0.130. The van der Waals surface area contributed by atoms with Crippen molar-refractivity contribution in [3.8, 4) is 5.75 Å². The van der Waals surface area contributed by atoms with Gasteiger partial charge in [0.25, 0.3) is 0 Å². The van der Waals surface area contributed by atoms with Gasteiger partial charge in [0.2, 0.25) is 0 Å². The minimum Gasteiger partial charge on any atom is -0.497 e. The molecule has 19 heavy (non-hydrogen) atoms. The SMILES string of the molecule is CCCCN(CC)C(C)C(O)c1ccc(OC)cc1. The summed E-state index contributed by atoms with van der Waals surface area (Å²) < 4.78 is 5.14. The van der Waals surface area contributed by atoms with Gasteiger partial charge in [0, 0.05) is 6.04 Å². The third-order valence-corrected chi connectivity index (χ3v) is 3.70. The molecule has 0 saturated heterocycles. The second kappa shape index (κ2) is 8.18. The molecule has 3 nitrogen and oxygen atoms in total. The molecule has 0 aliphatic carbocycles. The van der Waals surface area contributed by atoms with Crippen LogP contribution in [0.15, 0.2) is 24.3 Å². The van der Waals surface area contributed by atoms with E-state index in [4.69, 9.17) is 4.74 Å². The van der Waals surface area contributed by atoms with Crippen LogP contribution in [0.5, 0.6) is 5.75 Å². The molecule has 1 aromatic rings. The van der Waals surface area contributed by atoms with Crippen LogP contribution in [0, 0.1) is 0 Å². The van der Waals surface area contributed by atoms with E-state index in [1.54, 1.807) is 7.11 Å². The highest BCUT2D eigenvalue weighted by Crippen LogP contribution is 2.23. The summed E-state index contributed by atoms with van der Waals surface area (Å²) in [7, 11) is 1.65. The summed E-state index contributed by atoms with van der Waals surface area (Å²) in [6, 6.07) is 7.80. The summed E-state index contributed by atoms with van der Waals surface area (Å²) in [6.45, 7) is 8.44. The molecule has 0 saturated carbocycles. The monoisotopic (exact) mass is 265 g/mol. The van der Waals surface area contributed by atoms with Gasteiger partial charge in [-0.25, -0.2) is 0 Å². The van der Waals surface area contributed by atoms with Gasteiger partial charge < -0.3 is 9.84 Å². The van der Waals surface area contributed by atoms with Crippen molar-refractivity contribution in [1.82, 2.24) is 4.90 Å². The summed E-state index contributed by atoms with van der Waals surface area (Å²) in [5, 5.41) is 10.5. The van der Waals surface area contributed by atoms with Crippen molar-refractivity contribution in [2.75, 3.05) is 20.2 Å². The van der Waals surface area contributed by atoms with Crippen molar-refractivity contribution in [1.29, 1.82) is 0 Å². The number of unbranched alkanes of at least 4 members (excludes halogenated alkanes) is 1. The van der Waals surface area contributed by atoms with Gasteiger partial charge in [0.05, 0.1) is 13.2 Å². The molecule has 2 atom stereocenters. The van der Waals surface area contributed by atoms with Crippen LogP contribution in [-0.2, 0) is 0 Å². The third-order valence-electron chi connectivity index (χ3n) is 3.70. The number of ether oxygens (including phenoxy) is 1. The van der Waals surface area contributed by atoms with Crippen molar-refractivity contribution >= 4 is 0 Å². The number of aliphatic hydroxyl groups is 1. The summed E-state index contributed by atoms with van der Waals surface area (Å²) in [5.74, 6) is 0.821. The van der Waals surface area contributed by atoms with E-state index in [0.717, 1.165) is 24.4 Å². The topological polar surface area (TPSA) is 32.7 Å². The molecule has 0 aliphatic rings. The van der Waals surface area contributed by atoms with E-state index in [-0.39, 0.29) is 6.04 Å². The fourth-order valence-corrected chi connectivity index (χ4v) is 2.29. The Morgan fingerprint density at radius 2 is 1.84 bits per heavy atom. The van der Waals surface area contributed by atoms with Crippen LogP contribution in [0.2, 0.25) is 0 Å². The Labute approximate surface area is 117 Å². The zero-order valence-electron chi connectivity index (χ0n) is 12.6. The highest BCUT2D eigenvalue weighted by molar-refractivity contribution is 5.29. The van der Waals surface area contributed by atoms with E-state index in [9.17, 15) is 5.11 Å². The molecule has 0 amide bonds. The largest absolute Gasteiger partial charge is 0.497 e. The Balaban J connectivity index is 2.70. The van der Waals surface area contributed by atoms with E-state index < -0.39 is 6.10 Å². The van der Waals surface area contributed by atoms with Gasteiger partial charge in [0.1, 0.15) is 5.75 Å². The maximum atomic E-state index is 10.5. The lowest BCUT2D eigenvalue weighted by Crippen LogP contribution is -2.38. The van der Waals surface area contributed by atoms with Gasteiger partial charge in [-0.2, -0.15) is 0 Å². The summed E-state index contributed by atoms with van der Waals surface area (Å²) in [5.41, 5.74) is 0.947. The van der Waals surface area contributed by atoms with Crippen molar-refractivity contribution in [2.45, 2.75) is 45.8 Å². The van der Waals surface area contributed by atoms with Crippen LogP contribution >= 0.6 is 0 Å². The Morgan fingerprint density at radius 3 is 2.32 bits per heavy atom. The second-order valence-corrected chi connectivity index (χ2v) is 4.94. The lowest BCUT2D eigenvalue weighted by Gasteiger charge is -2.31. The van der Waals surface area contributed by atoms with E-state index in [0.29, 0.717) is 0 Å². The highest BCUT2D eigenvalue weighted by Gasteiger charge is 2.21. The van der Waals surface area contributed by atoms with Crippen LogP contribution in [0.3, 0.4) is 0 Å². The molecule has 1 rings (SSSR count). The predicted molar refractivity (Wildman–Crippen MR) is 79.6 cm³/mol. The number of nitrogens with zero attached hydrogens (tertiary/aromatic N) is 1. The highest BCUT2D eigenvalue weighted by atomic mass is 16.5. The number of methoxy groups -OCH3 is 1. The first-order chi connectivity index (χ1) is 9.13. The first kappa shape index (κ1) is 16.0. The van der Waals surface area contributed by atoms with E-state index in [1.807, 2.05) is 24.3 Å². The molecule has 0 heterocycles. The first-order valence-corrected chi connectivity index (χ1v) is 7.20. The Hall–Kier alpha value is -1.06. The average Bonchev–Trinajstić information content (AvgIpc) is 2.47. The zero-order chi connectivity index (χ0) is 14.3. The molecule has 0 spiro atoms. The molecule has 1 N–H and O–H groups in total. The molecule has 1 aromatic carbocycles. The number of aliphatic hydroxyl groups excluding tert-OH is 1. The van der Waals surface area contributed by atoms with E-state index in [2.05, 4.69) is 25.7 Å². The lowest BCUT2D eigenvalue weighted by atomic mass is 10.0. The summed E-state index contributed by atoms with van der Waals surface area (Å²) in [4.78, 5) is 2.33. The molecular formula is C16H27NO2. The Morgan fingerprint density at radius 1 is 1.21 bits per heavy atom. The van der Waals surface area contributed by atoms with Crippen LogP contribution in [0.25, 0.3) is 0 Å². The third kappa shape index (κ3) is 4.51. The number of hydrogen-bond acceptors (Lipinski definition) is 3. The zero-order valence-corrected chi connectivity index (χ0v) is 12.6. The number of rotatable bonds is 8. The standard InChI is InChI=1S/C16H27NO2/c1-5-7-12-17(6-2)13(3)16(18)14-8-10-15(19-4)11-9-14/h8-11,13,16,18H,5-7,12H2,1-4H3. The number of benzene rings is 1. The fourth-order valence-electron chi connectivity index (χ4n) is 2.29. The molecule has 0 aromatic heterocycles. The van der Waals surface area contributed by atoms with E-state index in [1.165, 1.54) is 12.8 Å². The minimum atomic E-state index is -0.456. The van der Waals surface area contributed by atoms with Gasteiger partial charge in [-0.1, -0.05) is 32.4 Å². The smallest absolute Gasteiger partial charge is 0.118 e. The van der Waals surface area contributed by atoms with Crippen LogP contribution in [-0.4, -0.2) is 36.2 Å². The summed E-state index contributed by atoms with van der Waals surface area (Å²) >= 11 is 0. The predicted octanol–water partition coefficient (Wildman–Crippen LogP) is 3.24. The quantitative estimate of drug-likeness (QED) is 0.783. The van der Waals surface area contributed by atoms with Gasteiger partial charge in [-0.05, 0) is 44.1 Å². The molecular weight excluding hydrogens is 238 g/mol. The maximum Gasteiger partial charge on any atom is 0.118 e. The number of likely N-dealkylation sites (N-methyl/N-ethyl adjacent to an activating group) is 1. The van der Waals surface area contributed by atoms with Gasteiger partial charge in [0.15, 0.2) is 0 Å². The van der Waals surface area contributed by atoms with Crippen molar-refractivity contribution in [3.05, 3.63) is 29.8 Å². The van der Waals surface area contributed by atoms with Crippen LogP contribution < -0.4 is 4.74 Å². The van der Waals surface area contributed by atoms with Crippen LogP contribution in [0.4, 0.5) is 0 Å². The molecule has 0 aliphatic heterocycles. The second-order valence-electron chi connectivity index (χ2n) is 4.94. The molecule has 108 valence electrons. The van der Waals surface area contributed by atoms with Crippen LogP contribution in [0.1, 0.15) is 45.3 Å². The van der Waals surface area contributed by atoms with Gasteiger partial charge in [-0.15, -0.1) is 0 Å². The fraction of sp³-hybridized carbons (Fsp3) is 0.625. The Bertz CT molecular complexity index is 350. The molecule has 0 bridgehead atoms. The molecule has 2 unspecified atom stereocenters. The normalized spacial score (nSPS) is 14.4. The van der Waals surface area contributed by atoms with Crippen molar-refractivity contribution in [3.63, 3.8) is 0 Å². The average molecular weight is 265 g/mol. The van der Waals surface area contributed by atoms with Crippen molar-refractivity contribution < 1.29 is 9.84 Å². The first-order valence-electron chi connectivity index (χ1n) is 7.20. The molecule has 0 radical (unpaired) electrons. The number of hydrogen-bond donors (Lipinski definition) is 1. The van der Waals surface area contributed by atoms with E-state index >= 15 is 0 Å². The molecule has 0 fully saturated rings. The molecule has 3 heteroatoms. The summed E-state index contributed by atoms with van der Waals surface area (Å²) in [6.07, 6.45) is 1.90. The Kier molecular flexibility index (Phi) is 6.89. The van der Waals surface area contributed by atoms with Gasteiger partial charge in [-0.3, -0.25) is 4.90 Å². The maximum absolute atomic E-state index is 10.5. The van der Waals surface area contributed by atoms with Crippen molar-refractivity contribution in [2.24, 2.45) is 0 Å². The van der Waals surface area contributed by atoms with Gasteiger partial charge >= 0.3 is 0 Å². The lowest BCUT2D eigenvalue weighted by molar-refractivity contribution is 0.0599.